The van der Waals surface area contributed by atoms with Crippen molar-refractivity contribution in [2.75, 3.05) is 26.7 Å². The highest BCUT2D eigenvalue weighted by Gasteiger charge is 2.46. The highest BCUT2D eigenvalue weighted by Crippen LogP contribution is 2.48. The first kappa shape index (κ1) is 20.1. The molecule has 1 atom stereocenters. The third kappa shape index (κ3) is 4.12. The van der Waals surface area contributed by atoms with Gasteiger partial charge in [0.05, 0.1) is 6.20 Å². The molecule has 1 saturated heterocycles. The molecular formula is C20H27FIN5. The third-order valence-electron chi connectivity index (χ3n) is 5.78. The summed E-state index contributed by atoms with van der Waals surface area (Å²) >= 11 is 0. The van der Waals surface area contributed by atoms with E-state index < -0.39 is 0 Å². The van der Waals surface area contributed by atoms with E-state index in [0.29, 0.717) is 5.92 Å². The minimum absolute atomic E-state index is 0. The van der Waals surface area contributed by atoms with Crippen LogP contribution in [0.4, 0.5) is 4.39 Å². The molecule has 146 valence electrons. The quantitative estimate of drug-likeness (QED) is 0.413. The Labute approximate surface area is 177 Å². The van der Waals surface area contributed by atoms with Gasteiger partial charge in [0.15, 0.2) is 5.96 Å². The Bertz CT molecular complexity index is 814. The summed E-state index contributed by atoms with van der Waals surface area (Å²) in [5.74, 6) is 1.31. The van der Waals surface area contributed by atoms with Crippen LogP contribution in [0.25, 0.3) is 0 Å². The SMILES string of the molecule is CN=C(NCC1(c2ccccc2F)CC1)N1CCC(c2cnn(C)c2)C1.I. The second-order valence-electron chi connectivity index (χ2n) is 7.54. The third-order valence-corrected chi connectivity index (χ3v) is 5.78. The number of nitrogens with one attached hydrogen (secondary N) is 1. The number of aromatic nitrogens is 2. The number of likely N-dealkylation sites (tertiary alicyclic amines) is 1. The molecule has 5 nitrogen and oxygen atoms in total. The number of aryl methyl sites for hydroxylation is 1. The number of nitrogens with zero attached hydrogens (tertiary/aromatic N) is 4. The van der Waals surface area contributed by atoms with Crippen LogP contribution in [0.3, 0.4) is 0 Å². The summed E-state index contributed by atoms with van der Waals surface area (Å²) in [5, 5.41) is 7.79. The van der Waals surface area contributed by atoms with Crippen LogP contribution in [0.15, 0.2) is 41.7 Å². The number of hydrogen-bond acceptors (Lipinski definition) is 2. The van der Waals surface area contributed by atoms with E-state index in [0.717, 1.165) is 50.4 Å². The monoisotopic (exact) mass is 483 g/mol. The number of halogens is 2. The fraction of sp³-hybridized carbons (Fsp3) is 0.500. The van der Waals surface area contributed by atoms with E-state index in [9.17, 15) is 4.39 Å². The lowest BCUT2D eigenvalue weighted by atomic mass is 9.95. The van der Waals surface area contributed by atoms with E-state index in [-0.39, 0.29) is 35.2 Å². The normalized spacial score (nSPS) is 21.1. The maximum atomic E-state index is 14.2. The predicted octanol–water partition coefficient (Wildman–Crippen LogP) is 3.27. The molecule has 1 N–H and O–H groups in total. The summed E-state index contributed by atoms with van der Waals surface area (Å²) in [6.45, 7) is 2.65. The molecule has 1 aliphatic heterocycles. The zero-order valence-electron chi connectivity index (χ0n) is 15.9. The van der Waals surface area contributed by atoms with Gasteiger partial charge in [0.25, 0.3) is 0 Å². The minimum atomic E-state index is -0.0976. The molecule has 2 heterocycles. The second kappa shape index (κ2) is 8.16. The van der Waals surface area contributed by atoms with Gasteiger partial charge in [0, 0.05) is 51.3 Å². The van der Waals surface area contributed by atoms with E-state index in [2.05, 4.69) is 26.5 Å². The molecule has 0 amide bonds. The van der Waals surface area contributed by atoms with Crippen LogP contribution in [-0.4, -0.2) is 47.3 Å². The maximum absolute atomic E-state index is 14.2. The van der Waals surface area contributed by atoms with Crippen molar-refractivity contribution in [3.63, 3.8) is 0 Å². The van der Waals surface area contributed by atoms with Gasteiger partial charge in [-0.2, -0.15) is 5.10 Å². The van der Waals surface area contributed by atoms with Crippen LogP contribution >= 0.6 is 24.0 Å². The van der Waals surface area contributed by atoms with Crippen molar-refractivity contribution in [2.45, 2.75) is 30.6 Å². The molecule has 1 aromatic carbocycles. The maximum Gasteiger partial charge on any atom is 0.193 e. The van der Waals surface area contributed by atoms with Gasteiger partial charge in [-0.3, -0.25) is 9.67 Å². The summed E-state index contributed by atoms with van der Waals surface area (Å²) in [5.41, 5.74) is 2.04. The van der Waals surface area contributed by atoms with E-state index in [1.165, 1.54) is 5.56 Å². The van der Waals surface area contributed by atoms with Crippen molar-refractivity contribution >= 4 is 29.9 Å². The van der Waals surface area contributed by atoms with Crippen molar-refractivity contribution in [2.24, 2.45) is 12.0 Å². The van der Waals surface area contributed by atoms with Gasteiger partial charge in [0.2, 0.25) is 0 Å². The summed E-state index contributed by atoms with van der Waals surface area (Å²) in [6.07, 6.45) is 7.21. The van der Waals surface area contributed by atoms with Gasteiger partial charge < -0.3 is 10.2 Å². The molecule has 4 rings (SSSR count). The zero-order valence-corrected chi connectivity index (χ0v) is 18.2. The summed E-state index contributed by atoms with van der Waals surface area (Å²) in [4.78, 5) is 6.77. The first-order chi connectivity index (χ1) is 12.6. The molecule has 7 heteroatoms. The Balaban J connectivity index is 0.00000210. The molecule has 27 heavy (non-hydrogen) atoms. The van der Waals surface area contributed by atoms with E-state index in [1.54, 1.807) is 12.1 Å². The van der Waals surface area contributed by atoms with Gasteiger partial charge in [0.1, 0.15) is 5.82 Å². The lowest BCUT2D eigenvalue weighted by molar-refractivity contribution is 0.475. The average Bonchev–Trinajstić information content (AvgIpc) is 3.04. The van der Waals surface area contributed by atoms with Crippen molar-refractivity contribution in [3.05, 3.63) is 53.6 Å². The van der Waals surface area contributed by atoms with Gasteiger partial charge in [-0.1, -0.05) is 18.2 Å². The van der Waals surface area contributed by atoms with Gasteiger partial charge in [-0.15, -0.1) is 24.0 Å². The van der Waals surface area contributed by atoms with E-state index in [4.69, 9.17) is 0 Å². The molecule has 0 radical (unpaired) electrons. The fourth-order valence-electron chi connectivity index (χ4n) is 4.04. The Morgan fingerprint density at radius 2 is 2.15 bits per heavy atom. The second-order valence-corrected chi connectivity index (χ2v) is 7.54. The number of guanidine groups is 1. The van der Waals surface area contributed by atoms with E-state index in [1.807, 2.05) is 37.1 Å². The van der Waals surface area contributed by atoms with Crippen LogP contribution in [0.1, 0.15) is 36.3 Å². The molecule has 1 aromatic heterocycles. The van der Waals surface area contributed by atoms with Crippen molar-refractivity contribution in [1.29, 1.82) is 0 Å². The molecule has 2 aliphatic rings. The highest BCUT2D eigenvalue weighted by molar-refractivity contribution is 14.0. The molecule has 1 saturated carbocycles. The van der Waals surface area contributed by atoms with Crippen LogP contribution in [0.5, 0.6) is 0 Å². The molecule has 2 fully saturated rings. The first-order valence-corrected chi connectivity index (χ1v) is 9.30. The van der Waals surface area contributed by atoms with Crippen LogP contribution < -0.4 is 5.32 Å². The number of benzene rings is 1. The number of aliphatic imine (C=N–C) groups is 1. The van der Waals surface area contributed by atoms with Gasteiger partial charge in [-0.25, -0.2) is 4.39 Å². The Morgan fingerprint density at radius 3 is 2.78 bits per heavy atom. The largest absolute Gasteiger partial charge is 0.355 e. The van der Waals surface area contributed by atoms with Crippen molar-refractivity contribution in [1.82, 2.24) is 20.0 Å². The Morgan fingerprint density at radius 1 is 1.37 bits per heavy atom. The smallest absolute Gasteiger partial charge is 0.193 e. The molecular weight excluding hydrogens is 456 g/mol. The lowest BCUT2D eigenvalue weighted by Crippen LogP contribution is -2.43. The number of rotatable bonds is 4. The summed E-state index contributed by atoms with van der Waals surface area (Å²) in [6, 6.07) is 7.15. The topological polar surface area (TPSA) is 45.5 Å². The van der Waals surface area contributed by atoms with Crippen LogP contribution in [0.2, 0.25) is 0 Å². The van der Waals surface area contributed by atoms with Crippen LogP contribution in [0, 0.1) is 5.82 Å². The summed E-state index contributed by atoms with van der Waals surface area (Å²) < 4.78 is 16.1. The minimum Gasteiger partial charge on any atom is -0.355 e. The van der Waals surface area contributed by atoms with Crippen molar-refractivity contribution in [3.8, 4) is 0 Å². The molecule has 0 bridgehead atoms. The van der Waals surface area contributed by atoms with Crippen LogP contribution in [-0.2, 0) is 12.5 Å². The van der Waals surface area contributed by atoms with Gasteiger partial charge in [-0.05, 0) is 36.5 Å². The molecule has 1 aliphatic carbocycles. The molecule has 0 spiro atoms. The Kier molecular flexibility index (Phi) is 6.08. The lowest BCUT2D eigenvalue weighted by Gasteiger charge is -2.25. The van der Waals surface area contributed by atoms with Gasteiger partial charge >= 0.3 is 0 Å². The van der Waals surface area contributed by atoms with Crippen molar-refractivity contribution < 1.29 is 4.39 Å². The zero-order chi connectivity index (χ0) is 18.1. The summed E-state index contributed by atoms with van der Waals surface area (Å²) in [7, 11) is 3.77. The average molecular weight is 483 g/mol. The first-order valence-electron chi connectivity index (χ1n) is 9.30. The predicted molar refractivity (Wildman–Crippen MR) is 116 cm³/mol. The highest BCUT2D eigenvalue weighted by atomic mass is 127. The standard InChI is InChI=1S/C20H26FN5.HI/c1-22-19(26-10-7-15(13-26)16-11-24-25(2)12-16)23-14-20(8-9-20)17-5-3-4-6-18(17)21;/h3-6,11-12,15H,7-10,13-14H2,1-2H3,(H,22,23);1H. The molecule has 1 unspecified atom stereocenters. The molecule has 2 aromatic rings. The Hall–Kier alpha value is -1.64. The van der Waals surface area contributed by atoms with E-state index >= 15 is 0 Å². The fourth-order valence-corrected chi connectivity index (χ4v) is 4.04. The number of hydrogen-bond donors (Lipinski definition) is 1.